The van der Waals surface area contributed by atoms with Crippen molar-refractivity contribution in [1.82, 2.24) is 0 Å². The molecular weight excluding hydrogens is 286 g/mol. The Morgan fingerprint density at radius 1 is 1.47 bits per heavy atom. The van der Waals surface area contributed by atoms with Gasteiger partial charge in [-0.25, -0.2) is 4.79 Å². The first-order chi connectivity index (χ1) is 7.97. The van der Waals surface area contributed by atoms with Crippen LogP contribution in [0.5, 0.6) is 0 Å². The molecule has 4 nitrogen and oxygen atoms in total. The van der Waals surface area contributed by atoms with Gasteiger partial charge in [0.05, 0.1) is 11.0 Å². The normalized spacial score (nSPS) is 19.6. The Labute approximate surface area is 106 Å². The van der Waals surface area contributed by atoms with E-state index in [0.717, 1.165) is 24.1 Å². The number of nitrogens with zero attached hydrogens (tertiary/aromatic N) is 1. The topological polar surface area (TPSA) is 57.6 Å². The number of halogens is 1. The molecule has 3 rings (SSSR count). The number of benzene rings is 1. The summed E-state index contributed by atoms with van der Waals surface area (Å²) in [4.78, 5) is 24.8. The van der Waals surface area contributed by atoms with Gasteiger partial charge >= 0.3 is 5.97 Å². The van der Waals surface area contributed by atoms with E-state index in [2.05, 4.69) is 15.9 Å². The van der Waals surface area contributed by atoms with Gasteiger partial charge in [-0.05, 0) is 46.5 Å². The molecule has 0 saturated heterocycles. The fourth-order valence-electron chi connectivity index (χ4n) is 2.54. The first-order valence-corrected chi connectivity index (χ1v) is 6.12. The van der Waals surface area contributed by atoms with Crippen LogP contribution in [0.1, 0.15) is 28.8 Å². The predicted molar refractivity (Wildman–Crippen MR) is 65.4 cm³/mol. The molecule has 1 amide bonds. The molecule has 17 heavy (non-hydrogen) atoms. The molecule has 1 aromatic carbocycles. The van der Waals surface area contributed by atoms with Crippen LogP contribution in [0.3, 0.4) is 0 Å². The molecule has 0 unspecified atom stereocenters. The summed E-state index contributed by atoms with van der Waals surface area (Å²) < 4.78 is 0.515. The van der Waals surface area contributed by atoms with Crippen molar-refractivity contribution in [3.63, 3.8) is 0 Å². The van der Waals surface area contributed by atoms with Crippen molar-refractivity contribution in [1.29, 1.82) is 0 Å². The second-order valence-corrected chi connectivity index (χ2v) is 5.45. The smallest absolute Gasteiger partial charge is 0.336 e. The number of carboxylic acids is 1. The van der Waals surface area contributed by atoms with Crippen LogP contribution >= 0.6 is 15.9 Å². The minimum absolute atomic E-state index is 0.0851. The maximum atomic E-state index is 12.1. The number of hydrogen-bond acceptors (Lipinski definition) is 2. The predicted octanol–water partition coefficient (Wildman–Crippen LogP) is 2.16. The number of rotatable bonds is 1. The number of amides is 1. The number of carbonyl (C=O) groups is 2. The monoisotopic (exact) mass is 295 g/mol. The fraction of sp³-hybridized carbons (Fsp3) is 0.333. The molecular formula is C12H10BrNO3. The third kappa shape index (κ3) is 1.23. The van der Waals surface area contributed by atoms with E-state index in [1.165, 1.54) is 0 Å². The third-order valence-corrected chi connectivity index (χ3v) is 4.31. The van der Waals surface area contributed by atoms with Crippen LogP contribution in [0.15, 0.2) is 16.6 Å². The number of fused-ring (bicyclic) bond motifs is 2. The van der Waals surface area contributed by atoms with E-state index in [9.17, 15) is 9.59 Å². The second kappa shape index (κ2) is 3.10. The number of aromatic carboxylic acids is 1. The van der Waals surface area contributed by atoms with Crippen molar-refractivity contribution in [2.24, 2.45) is 0 Å². The molecule has 0 aromatic heterocycles. The Morgan fingerprint density at radius 2 is 2.12 bits per heavy atom. The van der Waals surface area contributed by atoms with Gasteiger partial charge in [0.1, 0.15) is 0 Å². The summed E-state index contributed by atoms with van der Waals surface area (Å²) in [7, 11) is 1.74. The van der Waals surface area contributed by atoms with Crippen LogP contribution in [0, 0.1) is 0 Å². The second-order valence-electron chi connectivity index (χ2n) is 4.60. The van der Waals surface area contributed by atoms with Crippen molar-refractivity contribution < 1.29 is 14.7 Å². The van der Waals surface area contributed by atoms with Gasteiger partial charge in [-0.15, -0.1) is 0 Å². The van der Waals surface area contributed by atoms with Gasteiger partial charge in [0.2, 0.25) is 5.91 Å². The summed E-state index contributed by atoms with van der Waals surface area (Å²) in [6.07, 6.45) is 1.65. The van der Waals surface area contributed by atoms with Crippen molar-refractivity contribution in [3.8, 4) is 0 Å². The van der Waals surface area contributed by atoms with Crippen LogP contribution in [-0.4, -0.2) is 24.0 Å². The molecule has 0 radical (unpaired) electrons. The zero-order chi connectivity index (χ0) is 12.4. The lowest BCUT2D eigenvalue weighted by Crippen LogP contribution is -2.27. The summed E-state index contributed by atoms with van der Waals surface area (Å²) in [6, 6.07) is 3.36. The van der Waals surface area contributed by atoms with E-state index in [1.807, 2.05) is 0 Å². The molecule has 1 fully saturated rings. The number of anilines is 1. The van der Waals surface area contributed by atoms with E-state index >= 15 is 0 Å². The van der Waals surface area contributed by atoms with Gasteiger partial charge in [-0.3, -0.25) is 4.79 Å². The van der Waals surface area contributed by atoms with E-state index < -0.39 is 11.4 Å². The average molecular weight is 296 g/mol. The van der Waals surface area contributed by atoms with E-state index in [1.54, 1.807) is 24.1 Å². The lowest BCUT2D eigenvalue weighted by atomic mass is 9.96. The molecule has 2 aliphatic rings. The first-order valence-electron chi connectivity index (χ1n) is 5.33. The summed E-state index contributed by atoms with van der Waals surface area (Å²) in [6.45, 7) is 0. The molecule has 1 aromatic rings. The zero-order valence-corrected chi connectivity index (χ0v) is 10.7. The molecule has 1 N–H and O–H groups in total. The molecule has 1 aliphatic heterocycles. The van der Waals surface area contributed by atoms with Crippen LogP contribution in [0.2, 0.25) is 0 Å². The van der Waals surface area contributed by atoms with Crippen LogP contribution in [0.25, 0.3) is 0 Å². The fourth-order valence-corrected chi connectivity index (χ4v) is 3.04. The standard InChI is InChI=1S/C12H10BrNO3/c1-14-9-5-8(13)6(10(15)16)4-7(9)12(2-3-12)11(14)17/h4-5H,2-3H2,1H3,(H,15,16). The Bertz CT molecular complexity index is 563. The highest BCUT2D eigenvalue weighted by atomic mass is 79.9. The van der Waals surface area contributed by atoms with Crippen molar-refractivity contribution in [2.75, 3.05) is 11.9 Å². The highest BCUT2D eigenvalue weighted by Gasteiger charge is 2.58. The number of carboxylic acid groups (broad SMARTS) is 1. The minimum atomic E-state index is -0.975. The maximum absolute atomic E-state index is 12.1. The van der Waals surface area contributed by atoms with E-state index in [4.69, 9.17) is 5.11 Å². The van der Waals surface area contributed by atoms with Gasteiger partial charge in [0, 0.05) is 17.2 Å². The molecule has 1 spiro atoms. The first kappa shape index (κ1) is 10.8. The maximum Gasteiger partial charge on any atom is 0.336 e. The number of carbonyl (C=O) groups excluding carboxylic acids is 1. The molecule has 0 atom stereocenters. The van der Waals surface area contributed by atoms with Gasteiger partial charge in [-0.2, -0.15) is 0 Å². The Kier molecular flexibility index (Phi) is 1.96. The van der Waals surface area contributed by atoms with Crippen molar-refractivity contribution in [3.05, 3.63) is 27.7 Å². The molecule has 0 bridgehead atoms. The minimum Gasteiger partial charge on any atom is -0.478 e. The van der Waals surface area contributed by atoms with Gasteiger partial charge in [-0.1, -0.05) is 0 Å². The van der Waals surface area contributed by atoms with E-state index in [0.29, 0.717) is 4.47 Å². The quantitative estimate of drug-likeness (QED) is 0.864. The Balaban J connectivity index is 2.26. The summed E-state index contributed by atoms with van der Waals surface area (Å²) in [5.74, 6) is -0.889. The average Bonchev–Trinajstić information content (AvgIpc) is 3.04. The third-order valence-electron chi connectivity index (χ3n) is 3.66. The highest BCUT2D eigenvalue weighted by Crippen LogP contribution is 2.57. The largest absolute Gasteiger partial charge is 0.478 e. The van der Waals surface area contributed by atoms with Crippen LogP contribution in [0.4, 0.5) is 5.69 Å². The molecule has 1 aliphatic carbocycles. The number of likely N-dealkylation sites (N-methyl/N-ethyl adjacent to an activating group) is 1. The summed E-state index contributed by atoms with van der Waals surface area (Å²) in [5, 5.41) is 9.09. The molecule has 1 saturated carbocycles. The Morgan fingerprint density at radius 3 is 2.65 bits per heavy atom. The SMILES string of the molecule is CN1C(=O)C2(CC2)c2cc(C(=O)O)c(Br)cc21. The van der Waals surface area contributed by atoms with Crippen molar-refractivity contribution in [2.45, 2.75) is 18.3 Å². The zero-order valence-electron chi connectivity index (χ0n) is 9.16. The van der Waals surface area contributed by atoms with Gasteiger partial charge in [0.15, 0.2) is 0 Å². The summed E-state index contributed by atoms with van der Waals surface area (Å²) >= 11 is 3.24. The molecule has 5 heteroatoms. The lowest BCUT2D eigenvalue weighted by molar-refractivity contribution is -0.119. The van der Waals surface area contributed by atoms with Crippen molar-refractivity contribution >= 4 is 33.5 Å². The van der Waals surface area contributed by atoms with Gasteiger partial charge < -0.3 is 10.0 Å². The molecule has 1 heterocycles. The Hall–Kier alpha value is -1.36. The van der Waals surface area contributed by atoms with Crippen LogP contribution < -0.4 is 4.90 Å². The van der Waals surface area contributed by atoms with Crippen LogP contribution in [-0.2, 0) is 10.2 Å². The van der Waals surface area contributed by atoms with E-state index in [-0.39, 0.29) is 11.5 Å². The van der Waals surface area contributed by atoms with Gasteiger partial charge in [0.25, 0.3) is 0 Å². The number of hydrogen-bond donors (Lipinski definition) is 1. The lowest BCUT2D eigenvalue weighted by Gasteiger charge is -2.10. The highest BCUT2D eigenvalue weighted by molar-refractivity contribution is 9.10. The summed E-state index contributed by atoms with van der Waals surface area (Å²) in [5.41, 5.74) is 1.49. The molecule has 88 valence electrons.